The van der Waals surface area contributed by atoms with E-state index in [2.05, 4.69) is 4.98 Å². The van der Waals surface area contributed by atoms with E-state index in [1.807, 2.05) is 4.90 Å². The number of benzene rings is 1. The molecule has 4 rings (SSSR count). The number of oxazole rings is 1. The molecule has 3 heterocycles. The minimum absolute atomic E-state index is 0.0552. The Morgan fingerprint density at radius 3 is 2.56 bits per heavy atom. The lowest BCUT2D eigenvalue weighted by molar-refractivity contribution is -0.192. The Kier molecular flexibility index (Phi) is 7.87. The number of fused-ring (bicyclic) bond motifs is 1. The van der Waals surface area contributed by atoms with Gasteiger partial charge in [0, 0.05) is 57.9 Å². The molecular weight excluding hydrogens is 469 g/mol. The third kappa shape index (κ3) is 6.29. The molecule has 0 saturated carbocycles. The smallest absolute Gasteiger partial charge is 0.475 e. The van der Waals surface area contributed by atoms with Gasteiger partial charge < -0.3 is 19.2 Å². The molecule has 0 bridgehead atoms. The number of carboxylic acids is 1. The van der Waals surface area contributed by atoms with Gasteiger partial charge in [0.05, 0.1) is 11.8 Å². The average molecular weight is 491 g/mol. The van der Waals surface area contributed by atoms with Crippen LogP contribution in [0.1, 0.15) is 34.1 Å². The summed E-state index contributed by atoms with van der Waals surface area (Å²) in [5, 5.41) is 7.12. The van der Waals surface area contributed by atoms with E-state index in [4.69, 9.17) is 19.1 Å². The van der Waals surface area contributed by atoms with Crippen LogP contribution in [0.3, 0.4) is 0 Å². The molecule has 0 aliphatic carbocycles. The summed E-state index contributed by atoms with van der Waals surface area (Å²) in [6.45, 7) is 2.63. The lowest BCUT2D eigenvalue weighted by atomic mass is 10.1. The van der Waals surface area contributed by atoms with Crippen LogP contribution in [0.15, 0.2) is 22.6 Å². The molecule has 1 atom stereocenters. The Bertz CT molecular complexity index is 1040. The number of carbonyl (C=O) groups is 2. The van der Waals surface area contributed by atoms with Crippen LogP contribution in [0.2, 0.25) is 0 Å². The predicted octanol–water partition coefficient (Wildman–Crippen LogP) is 3.01. The minimum atomic E-state index is -5.08. The van der Waals surface area contributed by atoms with Crippen molar-refractivity contribution in [3.63, 3.8) is 0 Å². The van der Waals surface area contributed by atoms with Gasteiger partial charge >= 0.3 is 18.1 Å². The van der Waals surface area contributed by atoms with Crippen molar-refractivity contribution in [3.8, 4) is 0 Å². The first-order valence-corrected chi connectivity index (χ1v) is 10.2. The maximum Gasteiger partial charge on any atom is 0.490 e. The van der Waals surface area contributed by atoms with Gasteiger partial charge in [-0.25, -0.2) is 18.6 Å². The molecule has 0 radical (unpaired) electrons. The Balaban J connectivity index is 0.000000406. The fourth-order valence-corrected chi connectivity index (χ4v) is 3.61. The van der Waals surface area contributed by atoms with Gasteiger partial charge in [-0.05, 0) is 12.5 Å². The van der Waals surface area contributed by atoms with E-state index in [-0.39, 0.29) is 17.9 Å². The monoisotopic (exact) mass is 491 g/mol. The van der Waals surface area contributed by atoms with E-state index in [0.29, 0.717) is 56.2 Å². The van der Waals surface area contributed by atoms with Crippen molar-refractivity contribution in [3.05, 3.63) is 52.7 Å². The number of methoxy groups -OCH3 is 1. The summed E-state index contributed by atoms with van der Waals surface area (Å²) in [6.07, 6.45) is -3.63. The highest BCUT2D eigenvalue weighted by Gasteiger charge is 2.38. The van der Waals surface area contributed by atoms with Crippen LogP contribution in [-0.2, 0) is 29.0 Å². The number of nitrogens with zero attached hydrogens (tertiary/aromatic N) is 3. The number of aliphatic carboxylic acids is 1. The molecule has 34 heavy (non-hydrogen) atoms. The lowest BCUT2D eigenvalue weighted by Gasteiger charge is -2.25. The summed E-state index contributed by atoms with van der Waals surface area (Å²) in [6, 6.07) is 3.60. The van der Waals surface area contributed by atoms with Crippen molar-refractivity contribution in [2.24, 2.45) is 0 Å². The summed E-state index contributed by atoms with van der Waals surface area (Å²) in [7, 11) is 1.64. The topological polar surface area (TPSA) is 96.1 Å². The Morgan fingerprint density at radius 2 is 1.97 bits per heavy atom. The van der Waals surface area contributed by atoms with E-state index in [1.165, 1.54) is 12.1 Å². The number of rotatable bonds is 4. The number of ether oxygens (including phenoxy) is 1. The Labute approximate surface area is 190 Å². The van der Waals surface area contributed by atoms with Crippen molar-refractivity contribution < 1.29 is 45.8 Å². The third-order valence-corrected chi connectivity index (χ3v) is 5.41. The summed E-state index contributed by atoms with van der Waals surface area (Å²) < 4.78 is 69.7. The number of halogens is 5. The maximum atomic E-state index is 13.9. The van der Waals surface area contributed by atoms with Gasteiger partial charge in [-0.2, -0.15) is 13.2 Å². The molecule has 0 spiro atoms. The number of amides is 1. The second-order valence-corrected chi connectivity index (χ2v) is 7.79. The van der Waals surface area contributed by atoms with E-state index in [0.717, 1.165) is 12.5 Å². The highest BCUT2D eigenvalue weighted by atomic mass is 19.4. The Morgan fingerprint density at radius 1 is 1.26 bits per heavy atom. The molecular formula is C21H22F5N3O5. The van der Waals surface area contributed by atoms with E-state index < -0.39 is 23.8 Å². The van der Waals surface area contributed by atoms with Crippen LogP contribution in [0.5, 0.6) is 0 Å². The molecule has 2 aromatic rings. The number of aromatic nitrogens is 1. The van der Waals surface area contributed by atoms with Gasteiger partial charge in [0.2, 0.25) is 0 Å². The van der Waals surface area contributed by atoms with Gasteiger partial charge in [-0.15, -0.1) is 0 Å². The Hall–Kier alpha value is -3.06. The fraction of sp³-hybridized carbons (Fsp3) is 0.476. The first-order chi connectivity index (χ1) is 16.0. The molecule has 8 nitrogen and oxygen atoms in total. The lowest BCUT2D eigenvalue weighted by Crippen LogP contribution is -2.30. The summed E-state index contributed by atoms with van der Waals surface area (Å²) >= 11 is 0. The van der Waals surface area contributed by atoms with Crippen LogP contribution in [0.4, 0.5) is 22.0 Å². The van der Waals surface area contributed by atoms with Gasteiger partial charge in [0.15, 0.2) is 0 Å². The van der Waals surface area contributed by atoms with E-state index >= 15 is 0 Å². The molecule has 1 aromatic carbocycles. The number of carboxylic acid groups (broad SMARTS) is 1. The van der Waals surface area contributed by atoms with Gasteiger partial charge in [0.25, 0.3) is 5.89 Å². The van der Waals surface area contributed by atoms with Crippen LogP contribution >= 0.6 is 0 Å². The molecule has 186 valence electrons. The first-order valence-electron chi connectivity index (χ1n) is 10.2. The van der Waals surface area contributed by atoms with Crippen molar-refractivity contribution in [2.75, 3.05) is 26.7 Å². The zero-order chi connectivity index (χ0) is 25.0. The van der Waals surface area contributed by atoms with Crippen molar-refractivity contribution in [2.45, 2.75) is 38.2 Å². The van der Waals surface area contributed by atoms with Gasteiger partial charge in [-0.1, -0.05) is 6.07 Å². The van der Waals surface area contributed by atoms with Crippen LogP contribution in [0.25, 0.3) is 0 Å². The van der Waals surface area contributed by atoms with Crippen molar-refractivity contribution in [1.82, 2.24) is 14.8 Å². The second kappa shape index (κ2) is 10.5. The normalized spacial score (nSPS) is 18.3. The SMILES string of the molecule is COC1CCN(C(=O)c2nc3c(o2)CCN(Cc2ccc(F)cc2F)C3)C1.O=C(O)C(F)(F)F. The van der Waals surface area contributed by atoms with Crippen molar-refractivity contribution in [1.29, 1.82) is 0 Å². The molecule has 1 N–H and O–H groups in total. The molecule has 1 aromatic heterocycles. The van der Waals surface area contributed by atoms with Gasteiger partial charge in [0.1, 0.15) is 17.4 Å². The zero-order valence-electron chi connectivity index (χ0n) is 18.1. The third-order valence-electron chi connectivity index (χ3n) is 5.41. The summed E-state index contributed by atoms with van der Waals surface area (Å²) in [5.41, 5.74) is 1.14. The molecule has 1 amide bonds. The fourth-order valence-electron chi connectivity index (χ4n) is 3.61. The standard InChI is InChI=1S/C19H21F2N3O3.C2HF3O2/c1-26-14-4-7-24(10-14)19(25)18-22-16-11-23(6-5-17(16)27-18)9-12-2-3-13(20)8-15(12)21;3-2(4,5)1(6)7/h2-3,8,14H,4-7,9-11H2,1H3;(H,6,7). The quantitative estimate of drug-likeness (QED) is 0.657. The number of hydrogen-bond donors (Lipinski definition) is 1. The number of alkyl halides is 3. The largest absolute Gasteiger partial charge is 0.490 e. The summed E-state index contributed by atoms with van der Waals surface area (Å²) in [5.74, 6) is -3.32. The first kappa shape index (κ1) is 25.6. The summed E-state index contributed by atoms with van der Waals surface area (Å²) in [4.78, 5) is 29.6. The molecule has 13 heteroatoms. The highest BCUT2D eigenvalue weighted by Crippen LogP contribution is 2.24. The van der Waals surface area contributed by atoms with Crippen LogP contribution in [-0.4, -0.2) is 70.8 Å². The van der Waals surface area contributed by atoms with Crippen LogP contribution in [0, 0.1) is 11.6 Å². The number of carbonyl (C=O) groups excluding carboxylic acids is 1. The minimum Gasteiger partial charge on any atom is -0.475 e. The number of hydrogen-bond acceptors (Lipinski definition) is 6. The van der Waals surface area contributed by atoms with E-state index in [1.54, 1.807) is 12.0 Å². The van der Waals surface area contributed by atoms with E-state index in [9.17, 15) is 26.7 Å². The van der Waals surface area contributed by atoms with Crippen LogP contribution < -0.4 is 0 Å². The predicted molar refractivity (Wildman–Crippen MR) is 106 cm³/mol. The molecule has 1 fully saturated rings. The highest BCUT2D eigenvalue weighted by molar-refractivity contribution is 5.90. The molecule has 1 saturated heterocycles. The van der Waals surface area contributed by atoms with Crippen molar-refractivity contribution >= 4 is 11.9 Å². The molecule has 2 aliphatic heterocycles. The zero-order valence-corrected chi connectivity index (χ0v) is 18.1. The molecule has 1 unspecified atom stereocenters. The number of likely N-dealkylation sites (tertiary alicyclic amines) is 1. The average Bonchev–Trinajstić information content (AvgIpc) is 3.41. The molecule has 2 aliphatic rings. The second-order valence-electron chi connectivity index (χ2n) is 7.79. The maximum absolute atomic E-state index is 13.9. The van der Waals surface area contributed by atoms with Gasteiger partial charge in [-0.3, -0.25) is 9.69 Å².